The average Bonchev–Trinajstić information content (AvgIpc) is 2.48. The number of hydrogen-bond donors (Lipinski definition) is 2. The highest BCUT2D eigenvalue weighted by Gasteiger charge is 2.14. The van der Waals surface area contributed by atoms with Gasteiger partial charge in [0.2, 0.25) is 11.8 Å². The Labute approximate surface area is 141 Å². The van der Waals surface area contributed by atoms with Crippen molar-refractivity contribution < 1.29 is 24.2 Å². The highest BCUT2D eigenvalue weighted by atomic mass is 16.5. The standard InChI is InChI=1S/C17H24N2O5/c1-11(2)24-14-9-8-12(17(22)23)10-13(14)18-15(20)6-5-7-16(21)19(3)4/h8-11H,5-7H2,1-4H3,(H,18,20)(H,22,23). The van der Waals surface area contributed by atoms with Crippen molar-refractivity contribution in [1.29, 1.82) is 0 Å². The van der Waals surface area contributed by atoms with E-state index in [2.05, 4.69) is 5.32 Å². The third-order valence-corrected chi connectivity index (χ3v) is 3.16. The third kappa shape index (κ3) is 6.28. The molecule has 0 bridgehead atoms. The van der Waals surface area contributed by atoms with Gasteiger partial charge in [0.25, 0.3) is 0 Å². The van der Waals surface area contributed by atoms with Gasteiger partial charge in [-0.05, 0) is 38.5 Å². The van der Waals surface area contributed by atoms with Gasteiger partial charge in [-0.1, -0.05) is 0 Å². The van der Waals surface area contributed by atoms with Crippen LogP contribution in [0.25, 0.3) is 0 Å². The molecule has 7 heteroatoms. The molecule has 0 fully saturated rings. The lowest BCUT2D eigenvalue weighted by molar-refractivity contribution is -0.128. The Morgan fingerprint density at radius 1 is 1.21 bits per heavy atom. The number of rotatable bonds is 8. The van der Waals surface area contributed by atoms with Crippen molar-refractivity contribution in [3.8, 4) is 5.75 Å². The van der Waals surface area contributed by atoms with Gasteiger partial charge in [-0.15, -0.1) is 0 Å². The second-order valence-electron chi connectivity index (χ2n) is 5.87. The van der Waals surface area contributed by atoms with Crippen LogP contribution in [0.15, 0.2) is 18.2 Å². The topological polar surface area (TPSA) is 95.9 Å². The lowest BCUT2D eigenvalue weighted by Gasteiger charge is -2.15. The Balaban J connectivity index is 2.76. The first-order valence-corrected chi connectivity index (χ1v) is 7.74. The summed E-state index contributed by atoms with van der Waals surface area (Å²) in [6, 6.07) is 4.31. The molecule has 0 unspecified atom stereocenters. The zero-order chi connectivity index (χ0) is 18.3. The predicted octanol–water partition coefficient (Wildman–Crippen LogP) is 2.37. The molecule has 0 heterocycles. The predicted molar refractivity (Wildman–Crippen MR) is 90.3 cm³/mol. The Kier molecular flexibility index (Phi) is 7.23. The largest absolute Gasteiger partial charge is 0.489 e. The lowest BCUT2D eigenvalue weighted by atomic mass is 10.1. The van der Waals surface area contributed by atoms with Crippen molar-refractivity contribution >= 4 is 23.5 Å². The molecule has 0 aliphatic rings. The number of ether oxygens (including phenoxy) is 1. The maximum atomic E-state index is 12.0. The molecule has 24 heavy (non-hydrogen) atoms. The minimum Gasteiger partial charge on any atom is -0.489 e. The number of nitrogens with one attached hydrogen (secondary N) is 1. The van der Waals surface area contributed by atoms with Gasteiger partial charge >= 0.3 is 5.97 Å². The average molecular weight is 336 g/mol. The van der Waals surface area contributed by atoms with E-state index in [1.54, 1.807) is 14.1 Å². The highest BCUT2D eigenvalue weighted by molar-refractivity contribution is 5.95. The first kappa shape index (κ1) is 19.5. The molecule has 1 aromatic carbocycles. The number of hydrogen-bond acceptors (Lipinski definition) is 4. The SMILES string of the molecule is CC(C)Oc1ccc(C(=O)O)cc1NC(=O)CCCC(=O)N(C)C. The summed E-state index contributed by atoms with van der Waals surface area (Å²) in [6.07, 6.45) is 0.749. The number of carbonyl (C=O) groups excluding carboxylic acids is 2. The summed E-state index contributed by atoms with van der Waals surface area (Å²) in [5.74, 6) is -1.01. The van der Waals surface area contributed by atoms with Crippen LogP contribution in [0.2, 0.25) is 0 Å². The molecule has 2 amide bonds. The lowest BCUT2D eigenvalue weighted by Crippen LogP contribution is -2.22. The monoisotopic (exact) mass is 336 g/mol. The number of carbonyl (C=O) groups is 3. The third-order valence-electron chi connectivity index (χ3n) is 3.16. The first-order chi connectivity index (χ1) is 11.2. The van der Waals surface area contributed by atoms with Gasteiger partial charge in [-0.25, -0.2) is 4.79 Å². The number of aromatic carboxylic acids is 1. The molecule has 7 nitrogen and oxygen atoms in total. The van der Waals surface area contributed by atoms with Crippen molar-refractivity contribution in [3.63, 3.8) is 0 Å². The second kappa shape index (κ2) is 8.90. The molecule has 0 aromatic heterocycles. The summed E-state index contributed by atoms with van der Waals surface area (Å²) in [5.41, 5.74) is 0.372. The van der Waals surface area contributed by atoms with E-state index >= 15 is 0 Å². The molecule has 0 atom stereocenters. The zero-order valence-corrected chi connectivity index (χ0v) is 14.5. The smallest absolute Gasteiger partial charge is 0.335 e. The zero-order valence-electron chi connectivity index (χ0n) is 14.5. The molecule has 0 saturated heterocycles. The number of anilines is 1. The van der Waals surface area contributed by atoms with E-state index in [0.29, 0.717) is 17.9 Å². The van der Waals surface area contributed by atoms with Gasteiger partial charge in [-0.3, -0.25) is 9.59 Å². The van der Waals surface area contributed by atoms with Gasteiger partial charge in [0.05, 0.1) is 17.4 Å². The van der Waals surface area contributed by atoms with E-state index in [0.717, 1.165) is 0 Å². The number of carboxylic acids is 1. The van der Waals surface area contributed by atoms with Crippen LogP contribution < -0.4 is 10.1 Å². The molecule has 132 valence electrons. The van der Waals surface area contributed by atoms with E-state index in [1.807, 2.05) is 13.8 Å². The Morgan fingerprint density at radius 3 is 2.42 bits per heavy atom. The summed E-state index contributed by atoms with van der Waals surface area (Å²) in [6.45, 7) is 3.67. The van der Waals surface area contributed by atoms with Crippen LogP contribution in [-0.2, 0) is 9.59 Å². The first-order valence-electron chi connectivity index (χ1n) is 7.74. The molecule has 2 N–H and O–H groups in total. The fraction of sp³-hybridized carbons (Fsp3) is 0.471. The maximum absolute atomic E-state index is 12.0. The van der Waals surface area contributed by atoms with Gasteiger partial charge in [0.1, 0.15) is 5.75 Å². The van der Waals surface area contributed by atoms with Crippen LogP contribution in [0.5, 0.6) is 5.75 Å². The van der Waals surface area contributed by atoms with Crippen molar-refractivity contribution in [1.82, 2.24) is 4.90 Å². The van der Waals surface area contributed by atoms with Crippen LogP contribution in [0, 0.1) is 0 Å². The van der Waals surface area contributed by atoms with E-state index in [-0.39, 0.29) is 36.3 Å². The van der Waals surface area contributed by atoms with Crippen molar-refractivity contribution in [2.45, 2.75) is 39.2 Å². The second-order valence-corrected chi connectivity index (χ2v) is 5.87. The van der Waals surface area contributed by atoms with Gasteiger partial charge in [0.15, 0.2) is 0 Å². The van der Waals surface area contributed by atoms with E-state index in [4.69, 9.17) is 9.84 Å². The number of nitrogens with zero attached hydrogens (tertiary/aromatic N) is 1. The van der Waals surface area contributed by atoms with Gasteiger partial charge in [0, 0.05) is 26.9 Å². The van der Waals surface area contributed by atoms with Crippen molar-refractivity contribution in [2.24, 2.45) is 0 Å². The number of amides is 2. The molecular formula is C17H24N2O5. The van der Waals surface area contributed by atoms with Crippen LogP contribution in [-0.4, -0.2) is 48.0 Å². The number of benzene rings is 1. The van der Waals surface area contributed by atoms with E-state index in [9.17, 15) is 14.4 Å². The molecule has 1 aromatic rings. The van der Waals surface area contributed by atoms with Crippen LogP contribution >= 0.6 is 0 Å². The molecule has 0 spiro atoms. The molecular weight excluding hydrogens is 312 g/mol. The van der Waals surface area contributed by atoms with Gasteiger partial charge < -0.3 is 20.1 Å². The van der Waals surface area contributed by atoms with Crippen molar-refractivity contribution in [3.05, 3.63) is 23.8 Å². The van der Waals surface area contributed by atoms with Crippen LogP contribution in [0.3, 0.4) is 0 Å². The van der Waals surface area contributed by atoms with Gasteiger partial charge in [-0.2, -0.15) is 0 Å². The Morgan fingerprint density at radius 2 is 1.88 bits per heavy atom. The summed E-state index contributed by atoms with van der Waals surface area (Å²) in [5, 5.41) is 11.7. The fourth-order valence-electron chi connectivity index (χ4n) is 1.95. The molecule has 0 aliphatic heterocycles. The minimum absolute atomic E-state index is 0.0421. The summed E-state index contributed by atoms with van der Waals surface area (Å²) in [4.78, 5) is 36.1. The molecule has 0 radical (unpaired) electrons. The number of carboxylic acid groups (broad SMARTS) is 1. The molecule has 1 rings (SSSR count). The molecule has 0 saturated carbocycles. The van der Waals surface area contributed by atoms with Crippen LogP contribution in [0.1, 0.15) is 43.5 Å². The highest BCUT2D eigenvalue weighted by Crippen LogP contribution is 2.27. The van der Waals surface area contributed by atoms with Crippen LogP contribution in [0.4, 0.5) is 5.69 Å². The summed E-state index contributed by atoms with van der Waals surface area (Å²) in [7, 11) is 3.32. The fourth-order valence-corrected chi connectivity index (χ4v) is 1.95. The summed E-state index contributed by atoms with van der Waals surface area (Å²) < 4.78 is 5.59. The normalized spacial score (nSPS) is 10.4. The quantitative estimate of drug-likeness (QED) is 0.760. The van der Waals surface area contributed by atoms with Crippen molar-refractivity contribution in [2.75, 3.05) is 19.4 Å². The Hall–Kier alpha value is -2.57. The maximum Gasteiger partial charge on any atom is 0.335 e. The summed E-state index contributed by atoms with van der Waals surface area (Å²) >= 11 is 0. The minimum atomic E-state index is -1.09. The Bertz CT molecular complexity index is 611. The molecule has 0 aliphatic carbocycles. The van der Waals surface area contributed by atoms with E-state index < -0.39 is 5.97 Å². The van der Waals surface area contributed by atoms with E-state index in [1.165, 1.54) is 23.1 Å².